The second-order valence-electron chi connectivity index (χ2n) is 5.46. The van der Waals surface area contributed by atoms with Crippen molar-refractivity contribution < 1.29 is 4.74 Å². The lowest BCUT2D eigenvalue weighted by atomic mass is 10.1. The second kappa shape index (κ2) is 7.63. The first kappa shape index (κ1) is 14.5. The minimum atomic E-state index is 0.553. The maximum atomic E-state index is 5.68. The van der Waals surface area contributed by atoms with E-state index in [2.05, 4.69) is 35.2 Å². The van der Waals surface area contributed by atoms with Crippen molar-refractivity contribution in [3.05, 3.63) is 35.9 Å². The van der Waals surface area contributed by atoms with E-state index in [1.54, 1.807) is 7.11 Å². The number of nitrogens with two attached hydrogens (primary N) is 1. The topological polar surface area (TPSA) is 38.5 Å². The van der Waals surface area contributed by atoms with Gasteiger partial charge in [0.1, 0.15) is 0 Å². The molecule has 1 fully saturated rings. The van der Waals surface area contributed by atoms with Crippen LogP contribution in [0.3, 0.4) is 0 Å². The Kier molecular flexibility index (Phi) is 5.83. The van der Waals surface area contributed by atoms with Crippen LogP contribution in [0.5, 0.6) is 0 Å². The van der Waals surface area contributed by atoms with Gasteiger partial charge in [-0.25, -0.2) is 0 Å². The lowest BCUT2D eigenvalue weighted by molar-refractivity contribution is 0.0721. The van der Waals surface area contributed by atoms with E-state index < -0.39 is 0 Å². The Balaban J connectivity index is 2.00. The maximum Gasteiger partial charge on any atom is 0.0620 e. The first-order valence-electron chi connectivity index (χ1n) is 7.32. The van der Waals surface area contributed by atoms with Gasteiger partial charge in [0.2, 0.25) is 0 Å². The molecule has 3 heteroatoms. The highest BCUT2D eigenvalue weighted by molar-refractivity contribution is 5.14. The number of ether oxygens (including phenoxy) is 1. The first-order chi connectivity index (χ1) is 9.35. The fraction of sp³-hybridized carbons (Fsp3) is 0.625. The minimum absolute atomic E-state index is 0.553. The van der Waals surface area contributed by atoms with Crippen LogP contribution in [-0.2, 0) is 11.3 Å². The van der Waals surface area contributed by atoms with Crippen molar-refractivity contribution in [3.63, 3.8) is 0 Å². The predicted octanol–water partition coefficient (Wildman–Crippen LogP) is 2.26. The molecular weight excluding hydrogens is 236 g/mol. The average molecular weight is 262 g/mol. The summed E-state index contributed by atoms with van der Waals surface area (Å²) in [6.45, 7) is 3.67. The quantitative estimate of drug-likeness (QED) is 0.742. The van der Waals surface area contributed by atoms with E-state index in [-0.39, 0.29) is 0 Å². The summed E-state index contributed by atoms with van der Waals surface area (Å²) < 4.78 is 5.43. The van der Waals surface area contributed by atoms with Gasteiger partial charge < -0.3 is 10.5 Å². The summed E-state index contributed by atoms with van der Waals surface area (Å²) in [6, 6.07) is 11.2. The molecule has 1 aromatic carbocycles. The lowest BCUT2D eigenvalue weighted by Crippen LogP contribution is -2.40. The molecule has 2 rings (SSSR count). The second-order valence-corrected chi connectivity index (χ2v) is 5.46. The van der Waals surface area contributed by atoms with Gasteiger partial charge in [-0.3, -0.25) is 4.90 Å². The molecule has 1 aliphatic rings. The summed E-state index contributed by atoms with van der Waals surface area (Å²) in [5.41, 5.74) is 7.05. The summed E-state index contributed by atoms with van der Waals surface area (Å²) in [7, 11) is 1.80. The van der Waals surface area contributed by atoms with E-state index in [0.717, 1.165) is 38.6 Å². The highest BCUT2D eigenvalue weighted by atomic mass is 16.5. The Morgan fingerprint density at radius 1 is 1.32 bits per heavy atom. The molecule has 0 heterocycles. The molecule has 0 radical (unpaired) electrons. The fourth-order valence-electron chi connectivity index (χ4n) is 2.67. The first-order valence-corrected chi connectivity index (χ1v) is 7.32. The molecule has 3 nitrogen and oxygen atoms in total. The molecule has 0 aliphatic heterocycles. The number of hydrogen-bond acceptors (Lipinski definition) is 3. The zero-order valence-corrected chi connectivity index (χ0v) is 11.9. The number of nitrogens with zero attached hydrogens (tertiary/aromatic N) is 1. The standard InChI is InChI=1S/C16H26N2O/c1-19-13-16(15-8-9-15)18(11-5-10-17)12-14-6-3-2-4-7-14/h2-4,6-7,15-16H,5,8-13,17H2,1H3. The molecule has 1 saturated carbocycles. The molecule has 19 heavy (non-hydrogen) atoms. The van der Waals surface area contributed by atoms with Crippen LogP contribution in [-0.4, -0.2) is 37.7 Å². The van der Waals surface area contributed by atoms with Crippen LogP contribution in [0, 0.1) is 5.92 Å². The third kappa shape index (κ3) is 4.60. The van der Waals surface area contributed by atoms with Crippen molar-refractivity contribution in [2.24, 2.45) is 11.7 Å². The van der Waals surface area contributed by atoms with Gasteiger partial charge in [0, 0.05) is 26.2 Å². The van der Waals surface area contributed by atoms with E-state index in [4.69, 9.17) is 10.5 Å². The van der Waals surface area contributed by atoms with Crippen LogP contribution < -0.4 is 5.73 Å². The third-order valence-corrected chi connectivity index (χ3v) is 3.85. The Hall–Kier alpha value is -0.900. The smallest absolute Gasteiger partial charge is 0.0620 e. The Morgan fingerprint density at radius 3 is 2.63 bits per heavy atom. The summed E-state index contributed by atoms with van der Waals surface area (Å²) in [4.78, 5) is 2.56. The van der Waals surface area contributed by atoms with Crippen molar-refractivity contribution in [2.45, 2.75) is 31.8 Å². The molecule has 1 aromatic rings. The summed E-state index contributed by atoms with van der Waals surface area (Å²) in [5.74, 6) is 0.821. The molecule has 0 bridgehead atoms. The van der Waals surface area contributed by atoms with E-state index >= 15 is 0 Å². The van der Waals surface area contributed by atoms with Crippen LogP contribution in [0.4, 0.5) is 0 Å². The van der Waals surface area contributed by atoms with Gasteiger partial charge in [0.15, 0.2) is 0 Å². The molecule has 0 spiro atoms. The zero-order valence-electron chi connectivity index (χ0n) is 11.9. The van der Waals surface area contributed by atoms with Crippen LogP contribution in [0.1, 0.15) is 24.8 Å². The van der Waals surface area contributed by atoms with Gasteiger partial charge in [0.25, 0.3) is 0 Å². The largest absolute Gasteiger partial charge is 0.383 e. The van der Waals surface area contributed by atoms with Gasteiger partial charge in [-0.05, 0) is 37.3 Å². The molecule has 1 unspecified atom stereocenters. The summed E-state index contributed by atoms with van der Waals surface area (Å²) in [6.07, 6.45) is 3.75. The zero-order chi connectivity index (χ0) is 13.5. The van der Waals surface area contributed by atoms with Gasteiger partial charge in [-0.1, -0.05) is 30.3 Å². The number of benzene rings is 1. The van der Waals surface area contributed by atoms with Crippen LogP contribution in [0.15, 0.2) is 30.3 Å². The lowest BCUT2D eigenvalue weighted by Gasteiger charge is -2.31. The molecule has 0 aromatic heterocycles. The molecule has 0 amide bonds. The molecule has 1 atom stereocenters. The molecule has 0 saturated heterocycles. The highest BCUT2D eigenvalue weighted by Gasteiger charge is 2.34. The normalized spacial score (nSPS) is 16.8. The SMILES string of the molecule is COCC(C1CC1)N(CCCN)Cc1ccccc1. The van der Waals surface area contributed by atoms with Gasteiger partial charge in [-0.2, -0.15) is 0 Å². The molecule has 2 N–H and O–H groups in total. The molecule has 1 aliphatic carbocycles. The van der Waals surface area contributed by atoms with Crippen molar-refractivity contribution in [1.82, 2.24) is 4.90 Å². The van der Waals surface area contributed by atoms with E-state index in [0.29, 0.717) is 6.04 Å². The maximum absolute atomic E-state index is 5.68. The van der Waals surface area contributed by atoms with Crippen LogP contribution in [0.25, 0.3) is 0 Å². The number of rotatable bonds is 9. The van der Waals surface area contributed by atoms with E-state index in [9.17, 15) is 0 Å². The van der Waals surface area contributed by atoms with Gasteiger partial charge >= 0.3 is 0 Å². The van der Waals surface area contributed by atoms with Crippen LogP contribution in [0.2, 0.25) is 0 Å². The predicted molar refractivity (Wildman–Crippen MR) is 78.9 cm³/mol. The van der Waals surface area contributed by atoms with Crippen molar-refractivity contribution >= 4 is 0 Å². The molecule has 106 valence electrons. The Bertz CT molecular complexity index is 351. The van der Waals surface area contributed by atoms with Crippen molar-refractivity contribution in [1.29, 1.82) is 0 Å². The van der Waals surface area contributed by atoms with E-state index in [1.807, 2.05) is 0 Å². The summed E-state index contributed by atoms with van der Waals surface area (Å²) in [5, 5.41) is 0. The molecular formula is C16H26N2O. The number of methoxy groups -OCH3 is 1. The third-order valence-electron chi connectivity index (χ3n) is 3.85. The number of hydrogen-bond donors (Lipinski definition) is 1. The van der Waals surface area contributed by atoms with Crippen molar-refractivity contribution in [2.75, 3.05) is 26.8 Å². The fourth-order valence-corrected chi connectivity index (χ4v) is 2.67. The highest BCUT2D eigenvalue weighted by Crippen LogP contribution is 2.36. The van der Waals surface area contributed by atoms with Gasteiger partial charge in [0.05, 0.1) is 6.61 Å². The van der Waals surface area contributed by atoms with Crippen LogP contribution >= 0.6 is 0 Å². The average Bonchev–Trinajstić information content (AvgIpc) is 3.27. The Labute approximate surface area is 116 Å². The summed E-state index contributed by atoms with van der Waals surface area (Å²) >= 11 is 0. The minimum Gasteiger partial charge on any atom is -0.383 e. The van der Waals surface area contributed by atoms with Crippen molar-refractivity contribution in [3.8, 4) is 0 Å². The van der Waals surface area contributed by atoms with E-state index in [1.165, 1.54) is 18.4 Å². The van der Waals surface area contributed by atoms with Gasteiger partial charge in [-0.15, -0.1) is 0 Å². The monoisotopic (exact) mass is 262 g/mol. The Morgan fingerprint density at radius 2 is 2.05 bits per heavy atom.